The number of halogens is 1. The van der Waals surface area contributed by atoms with Crippen LogP contribution in [0.25, 0.3) is 0 Å². The fraction of sp³-hybridized carbons (Fsp3) is 0.600. The van der Waals surface area contributed by atoms with Gasteiger partial charge in [0.05, 0.1) is 5.69 Å². The third-order valence-electron chi connectivity index (χ3n) is 3.86. The van der Waals surface area contributed by atoms with E-state index in [-0.39, 0.29) is 5.82 Å². The van der Waals surface area contributed by atoms with Crippen molar-refractivity contribution in [3.8, 4) is 0 Å². The monoisotopic (exact) mass is 250 g/mol. The summed E-state index contributed by atoms with van der Waals surface area (Å²) in [5, 5.41) is 0. The van der Waals surface area contributed by atoms with Crippen LogP contribution >= 0.6 is 0 Å². The van der Waals surface area contributed by atoms with Crippen LogP contribution in [-0.2, 0) is 0 Å². The third-order valence-corrected chi connectivity index (χ3v) is 3.86. The number of rotatable bonds is 3. The van der Waals surface area contributed by atoms with Gasteiger partial charge in [0.25, 0.3) is 0 Å². The van der Waals surface area contributed by atoms with Crippen molar-refractivity contribution in [1.29, 1.82) is 0 Å². The smallest absolute Gasteiger partial charge is 0.148 e. The van der Waals surface area contributed by atoms with Crippen molar-refractivity contribution in [3.05, 3.63) is 24.0 Å². The summed E-state index contributed by atoms with van der Waals surface area (Å²) in [6.45, 7) is 4.16. The SMILES string of the molecule is CCCC1CCCN(c2ccc(N)cc2F)CC1. The van der Waals surface area contributed by atoms with E-state index in [1.165, 1.54) is 31.7 Å². The van der Waals surface area contributed by atoms with Gasteiger partial charge in [-0.2, -0.15) is 0 Å². The lowest BCUT2D eigenvalue weighted by Gasteiger charge is -2.23. The molecule has 2 rings (SSSR count). The van der Waals surface area contributed by atoms with Crippen molar-refractivity contribution in [1.82, 2.24) is 0 Å². The summed E-state index contributed by atoms with van der Waals surface area (Å²) in [4.78, 5) is 2.17. The molecular weight excluding hydrogens is 227 g/mol. The van der Waals surface area contributed by atoms with Crippen LogP contribution < -0.4 is 10.6 Å². The van der Waals surface area contributed by atoms with E-state index < -0.39 is 0 Å². The molecule has 0 aromatic heterocycles. The quantitative estimate of drug-likeness (QED) is 0.826. The molecular formula is C15H23FN2. The minimum absolute atomic E-state index is 0.191. The molecule has 0 aliphatic carbocycles. The summed E-state index contributed by atoms with van der Waals surface area (Å²) in [6.07, 6.45) is 6.17. The van der Waals surface area contributed by atoms with Crippen LogP contribution in [0.3, 0.4) is 0 Å². The zero-order valence-corrected chi connectivity index (χ0v) is 11.2. The molecule has 0 spiro atoms. The standard InChI is InChI=1S/C15H23FN2/c1-2-4-12-5-3-9-18(10-8-12)15-7-6-13(17)11-14(15)16/h6-7,11-12H,2-5,8-10,17H2,1H3. The largest absolute Gasteiger partial charge is 0.399 e. The number of nitrogens with two attached hydrogens (primary N) is 1. The summed E-state index contributed by atoms with van der Waals surface area (Å²) in [5.74, 6) is 0.626. The van der Waals surface area contributed by atoms with Crippen molar-refractivity contribution in [2.45, 2.75) is 39.0 Å². The zero-order chi connectivity index (χ0) is 13.0. The molecule has 0 amide bonds. The predicted molar refractivity (Wildman–Crippen MR) is 75.3 cm³/mol. The first kappa shape index (κ1) is 13.2. The number of hydrogen-bond acceptors (Lipinski definition) is 2. The number of nitrogens with zero attached hydrogens (tertiary/aromatic N) is 1. The lowest BCUT2D eigenvalue weighted by atomic mass is 9.96. The maximum atomic E-state index is 13.9. The Bertz CT molecular complexity index is 392. The highest BCUT2D eigenvalue weighted by molar-refractivity contribution is 5.54. The van der Waals surface area contributed by atoms with E-state index in [0.717, 1.165) is 25.4 Å². The highest BCUT2D eigenvalue weighted by atomic mass is 19.1. The van der Waals surface area contributed by atoms with Gasteiger partial charge in [0.15, 0.2) is 0 Å². The van der Waals surface area contributed by atoms with Crippen molar-refractivity contribution in [3.63, 3.8) is 0 Å². The van der Waals surface area contributed by atoms with E-state index in [0.29, 0.717) is 11.4 Å². The number of anilines is 2. The molecule has 1 unspecified atom stereocenters. The Morgan fingerprint density at radius 2 is 2.17 bits per heavy atom. The Morgan fingerprint density at radius 3 is 2.89 bits per heavy atom. The Labute approximate surface area is 109 Å². The summed E-state index contributed by atoms with van der Waals surface area (Å²) in [5.41, 5.74) is 6.80. The fourth-order valence-corrected chi connectivity index (χ4v) is 2.88. The van der Waals surface area contributed by atoms with Gasteiger partial charge in [-0.15, -0.1) is 0 Å². The maximum Gasteiger partial charge on any atom is 0.148 e. The van der Waals surface area contributed by atoms with Gasteiger partial charge < -0.3 is 10.6 Å². The molecule has 0 bridgehead atoms. The molecule has 0 radical (unpaired) electrons. The number of benzene rings is 1. The summed E-state index contributed by atoms with van der Waals surface area (Å²) in [6, 6.07) is 5.02. The molecule has 0 saturated carbocycles. The molecule has 3 heteroatoms. The summed E-state index contributed by atoms with van der Waals surface area (Å²) >= 11 is 0. The Kier molecular flexibility index (Phi) is 4.45. The molecule has 1 aromatic rings. The average molecular weight is 250 g/mol. The van der Waals surface area contributed by atoms with Gasteiger partial charge in [-0.05, 0) is 43.4 Å². The lowest BCUT2D eigenvalue weighted by molar-refractivity contribution is 0.435. The Hall–Kier alpha value is -1.25. The van der Waals surface area contributed by atoms with Crippen LogP contribution in [0.4, 0.5) is 15.8 Å². The van der Waals surface area contributed by atoms with Gasteiger partial charge in [0, 0.05) is 18.8 Å². The fourth-order valence-electron chi connectivity index (χ4n) is 2.88. The molecule has 18 heavy (non-hydrogen) atoms. The van der Waals surface area contributed by atoms with Crippen LogP contribution in [0, 0.1) is 11.7 Å². The zero-order valence-electron chi connectivity index (χ0n) is 11.2. The van der Waals surface area contributed by atoms with Gasteiger partial charge in [0.1, 0.15) is 5.82 Å². The molecule has 1 aliphatic heterocycles. The van der Waals surface area contributed by atoms with Crippen molar-refractivity contribution in [2.24, 2.45) is 5.92 Å². The van der Waals surface area contributed by atoms with Gasteiger partial charge in [-0.25, -0.2) is 4.39 Å². The van der Waals surface area contributed by atoms with Crippen LogP contribution in [0.2, 0.25) is 0 Å². The molecule has 1 aliphatic rings. The molecule has 2 N–H and O–H groups in total. The summed E-state index contributed by atoms with van der Waals surface area (Å²) in [7, 11) is 0. The van der Waals surface area contributed by atoms with Crippen molar-refractivity contribution < 1.29 is 4.39 Å². The van der Waals surface area contributed by atoms with Gasteiger partial charge in [0.2, 0.25) is 0 Å². The van der Waals surface area contributed by atoms with Crippen LogP contribution in [0.1, 0.15) is 39.0 Å². The second kappa shape index (κ2) is 6.07. The second-order valence-electron chi connectivity index (χ2n) is 5.28. The van der Waals surface area contributed by atoms with E-state index >= 15 is 0 Å². The lowest BCUT2D eigenvalue weighted by Crippen LogP contribution is -2.25. The molecule has 1 heterocycles. The van der Waals surface area contributed by atoms with Crippen molar-refractivity contribution in [2.75, 3.05) is 23.7 Å². The molecule has 1 saturated heterocycles. The van der Waals surface area contributed by atoms with Crippen LogP contribution in [0.5, 0.6) is 0 Å². The molecule has 1 aromatic carbocycles. The first-order valence-electron chi connectivity index (χ1n) is 7.00. The molecule has 100 valence electrons. The van der Waals surface area contributed by atoms with Gasteiger partial charge >= 0.3 is 0 Å². The van der Waals surface area contributed by atoms with E-state index in [2.05, 4.69) is 11.8 Å². The average Bonchev–Trinajstić information content (AvgIpc) is 2.55. The topological polar surface area (TPSA) is 29.3 Å². The first-order chi connectivity index (χ1) is 8.70. The summed E-state index contributed by atoms with van der Waals surface area (Å²) < 4.78 is 13.9. The van der Waals surface area contributed by atoms with E-state index in [9.17, 15) is 4.39 Å². The molecule has 2 nitrogen and oxygen atoms in total. The van der Waals surface area contributed by atoms with E-state index in [4.69, 9.17) is 5.73 Å². The third kappa shape index (κ3) is 3.15. The number of hydrogen-bond donors (Lipinski definition) is 1. The number of nitrogen functional groups attached to an aromatic ring is 1. The minimum atomic E-state index is -0.191. The molecule has 1 atom stereocenters. The predicted octanol–water partition coefficient (Wildman–Crippen LogP) is 3.81. The van der Waals surface area contributed by atoms with Crippen molar-refractivity contribution >= 4 is 11.4 Å². The van der Waals surface area contributed by atoms with Crippen LogP contribution in [0.15, 0.2) is 18.2 Å². The van der Waals surface area contributed by atoms with E-state index in [1.54, 1.807) is 6.07 Å². The van der Waals surface area contributed by atoms with Gasteiger partial charge in [-0.1, -0.05) is 19.8 Å². The highest BCUT2D eigenvalue weighted by Gasteiger charge is 2.18. The Balaban J connectivity index is 2.05. The minimum Gasteiger partial charge on any atom is -0.399 e. The normalized spacial score (nSPS) is 20.8. The van der Waals surface area contributed by atoms with Gasteiger partial charge in [-0.3, -0.25) is 0 Å². The second-order valence-corrected chi connectivity index (χ2v) is 5.28. The Morgan fingerprint density at radius 1 is 1.33 bits per heavy atom. The van der Waals surface area contributed by atoms with Crippen LogP contribution in [-0.4, -0.2) is 13.1 Å². The maximum absolute atomic E-state index is 13.9. The van der Waals surface area contributed by atoms with E-state index in [1.807, 2.05) is 6.07 Å². The first-order valence-corrected chi connectivity index (χ1v) is 7.00. The highest BCUT2D eigenvalue weighted by Crippen LogP contribution is 2.27. The molecule has 1 fully saturated rings.